The standard InChI is InChI=1S/C10H17N3O5S/c1-6(2)12-10(18)13-8(15)4-19-3-7(9(16)17)11-5-14/h5-7H,3-4H2,1-2H3,(H,11,14)(H,16,17)(H2,12,13,15,18). The normalized spacial score (nSPS) is 11.5. The molecular weight excluding hydrogens is 274 g/mol. The van der Waals surface area contributed by atoms with Gasteiger partial charge >= 0.3 is 12.0 Å². The van der Waals surface area contributed by atoms with Crippen LogP contribution in [0.2, 0.25) is 0 Å². The molecule has 8 nitrogen and oxygen atoms in total. The highest BCUT2D eigenvalue weighted by Crippen LogP contribution is 2.02. The summed E-state index contributed by atoms with van der Waals surface area (Å²) in [7, 11) is 0. The van der Waals surface area contributed by atoms with Gasteiger partial charge in [-0.15, -0.1) is 11.8 Å². The number of amides is 4. The lowest BCUT2D eigenvalue weighted by Crippen LogP contribution is -2.43. The molecule has 0 fully saturated rings. The van der Waals surface area contributed by atoms with Crippen LogP contribution in [0.25, 0.3) is 0 Å². The molecule has 108 valence electrons. The summed E-state index contributed by atoms with van der Waals surface area (Å²) in [6.45, 7) is 3.50. The quantitative estimate of drug-likeness (QED) is 0.432. The van der Waals surface area contributed by atoms with Gasteiger partial charge in [-0.2, -0.15) is 0 Å². The monoisotopic (exact) mass is 291 g/mol. The van der Waals surface area contributed by atoms with Crippen molar-refractivity contribution in [2.45, 2.75) is 25.9 Å². The van der Waals surface area contributed by atoms with Crippen molar-refractivity contribution in [2.75, 3.05) is 11.5 Å². The Balaban J connectivity index is 3.93. The first-order valence-corrected chi connectivity index (χ1v) is 6.62. The van der Waals surface area contributed by atoms with Crippen molar-refractivity contribution >= 4 is 36.1 Å². The maximum absolute atomic E-state index is 11.3. The predicted octanol–water partition coefficient (Wildman–Crippen LogP) is -0.847. The summed E-state index contributed by atoms with van der Waals surface area (Å²) in [6.07, 6.45) is 0.287. The molecule has 0 aliphatic heterocycles. The molecule has 1 unspecified atom stereocenters. The van der Waals surface area contributed by atoms with Crippen LogP contribution in [0.15, 0.2) is 0 Å². The molecule has 0 aromatic heterocycles. The summed E-state index contributed by atoms with van der Waals surface area (Å²) in [6, 6.07) is -1.74. The highest BCUT2D eigenvalue weighted by Gasteiger charge is 2.17. The second-order valence-corrected chi connectivity index (χ2v) is 4.90. The van der Waals surface area contributed by atoms with Crippen LogP contribution in [0.5, 0.6) is 0 Å². The van der Waals surface area contributed by atoms with Gasteiger partial charge in [-0.25, -0.2) is 9.59 Å². The Morgan fingerprint density at radius 1 is 1.32 bits per heavy atom. The molecule has 0 saturated carbocycles. The molecule has 0 heterocycles. The van der Waals surface area contributed by atoms with Crippen molar-refractivity contribution in [1.29, 1.82) is 0 Å². The van der Waals surface area contributed by atoms with E-state index < -0.39 is 23.9 Å². The first-order chi connectivity index (χ1) is 8.86. The Morgan fingerprint density at radius 2 is 1.95 bits per heavy atom. The Morgan fingerprint density at radius 3 is 2.42 bits per heavy atom. The maximum atomic E-state index is 11.3. The number of carbonyl (C=O) groups excluding carboxylic acids is 3. The van der Waals surface area contributed by atoms with Crippen LogP contribution < -0.4 is 16.0 Å². The van der Waals surface area contributed by atoms with Gasteiger partial charge in [0.15, 0.2) is 0 Å². The van der Waals surface area contributed by atoms with Crippen LogP contribution in [0.4, 0.5) is 4.79 Å². The zero-order valence-corrected chi connectivity index (χ0v) is 11.5. The van der Waals surface area contributed by atoms with E-state index in [2.05, 4.69) is 16.0 Å². The minimum Gasteiger partial charge on any atom is -0.480 e. The average molecular weight is 291 g/mol. The number of imide groups is 1. The molecule has 0 spiro atoms. The van der Waals surface area contributed by atoms with E-state index >= 15 is 0 Å². The van der Waals surface area contributed by atoms with E-state index in [0.29, 0.717) is 0 Å². The van der Waals surface area contributed by atoms with Crippen LogP contribution >= 0.6 is 11.8 Å². The number of hydrogen-bond acceptors (Lipinski definition) is 5. The fourth-order valence-corrected chi connectivity index (χ4v) is 1.85. The number of thioether (sulfide) groups is 1. The molecule has 19 heavy (non-hydrogen) atoms. The lowest BCUT2D eigenvalue weighted by molar-refractivity contribution is -0.139. The van der Waals surface area contributed by atoms with Gasteiger partial charge in [-0.05, 0) is 13.8 Å². The Kier molecular flexibility index (Phi) is 8.34. The number of hydrogen-bond donors (Lipinski definition) is 4. The van der Waals surface area contributed by atoms with Gasteiger partial charge in [0.1, 0.15) is 6.04 Å². The van der Waals surface area contributed by atoms with Crippen molar-refractivity contribution < 1.29 is 24.3 Å². The number of carboxylic acid groups (broad SMARTS) is 1. The molecule has 4 N–H and O–H groups in total. The Bertz CT molecular complexity index is 348. The topological polar surface area (TPSA) is 125 Å². The molecule has 0 radical (unpaired) electrons. The fraction of sp³-hybridized carbons (Fsp3) is 0.600. The lowest BCUT2D eigenvalue weighted by atomic mass is 10.3. The molecular formula is C10H17N3O5S. The second-order valence-electron chi connectivity index (χ2n) is 3.87. The third kappa shape index (κ3) is 8.89. The summed E-state index contributed by atoms with van der Waals surface area (Å²) >= 11 is 1.00. The number of aliphatic carboxylic acids is 1. The molecule has 0 aromatic rings. The number of carbonyl (C=O) groups is 4. The van der Waals surface area contributed by atoms with Crippen molar-refractivity contribution in [1.82, 2.24) is 16.0 Å². The van der Waals surface area contributed by atoms with Gasteiger partial charge in [0, 0.05) is 11.8 Å². The third-order valence-electron chi connectivity index (χ3n) is 1.76. The Labute approximate surface area is 114 Å². The van der Waals surface area contributed by atoms with Crippen LogP contribution in [-0.4, -0.2) is 53.0 Å². The zero-order valence-electron chi connectivity index (χ0n) is 10.6. The van der Waals surface area contributed by atoms with E-state index in [0.717, 1.165) is 11.8 Å². The van der Waals surface area contributed by atoms with Crippen LogP contribution in [0.1, 0.15) is 13.8 Å². The SMILES string of the molecule is CC(C)NC(=O)NC(=O)CSCC(NC=O)C(=O)O. The van der Waals surface area contributed by atoms with Crippen LogP contribution in [0.3, 0.4) is 0 Å². The van der Waals surface area contributed by atoms with Gasteiger partial charge in [-0.1, -0.05) is 0 Å². The minimum atomic E-state index is -1.18. The lowest BCUT2D eigenvalue weighted by Gasteiger charge is -2.11. The second kappa shape index (κ2) is 9.20. The van der Waals surface area contributed by atoms with Gasteiger partial charge in [-0.3, -0.25) is 14.9 Å². The molecule has 0 rings (SSSR count). The number of rotatable bonds is 8. The molecule has 1 atom stereocenters. The molecule has 0 saturated heterocycles. The van der Waals surface area contributed by atoms with E-state index in [1.807, 2.05) is 0 Å². The van der Waals surface area contributed by atoms with Crippen LogP contribution in [-0.2, 0) is 14.4 Å². The molecule has 0 aromatic carbocycles. The van der Waals surface area contributed by atoms with Crippen molar-refractivity contribution in [2.24, 2.45) is 0 Å². The largest absolute Gasteiger partial charge is 0.480 e. The minimum absolute atomic E-state index is 0.0350. The number of nitrogens with one attached hydrogen (secondary N) is 3. The summed E-state index contributed by atoms with van der Waals surface area (Å²) in [5.41, 5.74) is 0. The van der Waals surface area contributed by atoms with Gasteiger partial charge in [0.25, 0.3) is 0 Å². The summed E-state index contributed by atoms with van der Waals surface area (Å²) in [5, 5.41) is 15.4. The van der Waals surface area contributed by atoms with E-state index in [-0.39, 0.29) is 24.0 Å². The number of urea groups is 1. The van der Waals surface area contributed by atoms with Gasteiger partial charge in [0.2, 0.25) is 12.3 Å². The smallest absolute Gasteiger partial charge is 0.327 e. The van der Waals surface area contributed by atoms with E-state index in [9.17, 15) is 19.2 Å². The maximum Gasteiger partial charge on any atom is 0.327 e. The van der Waals surface area contributed by atoms with Gasteiger partial charge < -0.3 is 15.7 Å². The molecule has 4 amide bonds. The fourth-order valence-electron chi connectivity index (χ4n) is 1.00. The van der Waals surface area contributed by atoms with Crippen molar-refractivity contribution in [3.8, 4) is 0 Å². The van der Waals surface area contributed by atoms with E-state index in [1.54, 1.807) is 13.8 Å². The highest BCUT2D eigenvalue weighted by molar-refractivity contribution is 8.00. The van der Waals surface area contributed by atoms with Crippen LogP contribution in [0, 0.1) is 0 Å². The van der Waals surface area contributed by atoms with Gasteiger partial charge in [0.05, 0.1) is 5.75 Å². The van der Waals surface area contributed by atoms with E-state index in [1.165, 1.54) is 0 Å². The molecule has 0 aliphatic carbocycles. The first kappa shape index (κ1) is 17.2. The van der Waals surface area contributed by atoms with E-state index in [4.69, 9.17) is 5.11 Å². The summed E-state index contributed by atoms with van der Waals surface area (Å²) in [4.78, 5) is 43.3. The predicted molar refractivity (Wildman–Crippen MR) is 69.8 cm³/mol. The van der Waals surface area contributed by atoms with Crippen molar-refractivity contribution in [3.05, 3.63) is 0 Å². The number of carboxylic acids is 1. The average Bonchev–Trinajstić information content (AvgIpc) is 2.26. The summed E-state index contributed by atoms with van der Waals surface area (Å²) in [5.74, 6) is -1.75. The molecule has 0 aliphatic rings. The molecule has 9 heteroatoms. The highest BCUT2D eigenvalue weighted by atomic mass is 32.2. The third-order valence-corrected chi connectivity index (χ3v) is 2.79. The summed E-state index contributed by atoms with van der Waals surface area (Å²) < 4.78 is 0. The van der Waals surface area contributed by atoms with Crippen molar-refractivity contribution in [3.63, 3.8) is 0 Å². The first-order valence-electron chi connectivity index (χ1n) is 5.47. The Hall–Kier alpha value is -1.77. The zero-order chi connectivity index (χ0) is 14.8. The molecule has 0 bridgehead atoms.